The van der Waals surface area contributed by atoms with E-state index in [9.17, 15) is 0 Å². The van der Waals surface area contributed by atoms with E-state index in [-0.39, 0.29) is 6.04 Å². The lowest BCUT2D eigenvalue weighted by molar-refractivity contribution is 0.637. The summed E-state index contributed by atoms with van der Waals surface area (Å²) in [6.45, 7) is 2.17. The highest BCUT2D eigenvalue weighted by molar-refractivity contribution is 6.33. The molecule has 0 aliphatic rings. The quantitative estimate of drug-likeness (QED) is 0.630. The first-order valence-electron chi connectivity index (χ1n) is 6.65. The van der Waals surface area contributed by atoms with Crippen molar-refractivity contribution in [2.24, 2.45) is 5.84 Å². The fraction of sp³-hybridized carbons (Fsp3) is 0.250. The Labute approximate surface area is 129 Å². The molecule has 0 amide bonds. The minimum absolute atomic E-state index is 0.170. The molecule has 20 heavy (non-hydrogen) atoms. The molecule has 0 radical (unpaired) electrons. The van der Waals surface area contributed by atoms with Crippen LogP contribution in [0.1, 0.15) is 36.1 Å². The van der Waals surface area contributed by atoms with E-state index in [1.165, 1.54) is 5.56 Å². The van der Waals surface area contributed by atoms with Crippen LogP contribution in [0.5, 0.6) is 0 Å². The van der Waals surface area contributed by atoms with Crippen LogP contribution in [0.3, 0.4) is 0 Å². The normalized spacial score (nSPS) is 12.4. The van der Waals surface area contributed by atoms with Gasteiger partial charge in [-0.05, 0) is 41.3 Å². The molecule has 3 N–H and O–H groups in total. The van der Waals surface area contributed by atoms with E-state index in [0.29, 0.717) is 10.0 Å². The van der Waals surface area contributed by atoms with Gasteiger partial charge < -0.3 is 0 Å². The molecule has 1 unspecified atom stereocenters. The number of hydrogen-bond donors (Lipinski definition) is 2. The van der Waals surface area contributed by atoms with Crippen molar-refractivity contribution in [3.63, 3.8) is 0 Å². The van der Waals surface area contributed by atoms with Gasteiger partial charge >= 0.3 is 0 Å². The molecular weight excluding hydrogens is 291 g/mol. The summed E-state index contributed by atoms with van der Waals surface area (Å²) in [4.78, 5) is 0. The van der Waals surface area contributed by atoms with Gasteiger partial charge in [0, 0.05) is 10.0 Å². The Morgan fingerprint density at radius 1 is 1.10 bits per heavy atom. The van der Waals surface area contributed by atoms with Crippen LogP contribution in [0.4, 0.5) is 0 Å². The van der Waals surface area contributed by atoms with Crippen molar-refractivity contribution in [1.29, 1.82) is 0 Å². The monoisotopic (exact) mass is 308 g/mol. The van der Waals surface area contributed by atoms with Gasteiger partial charge in [0.05, 0.1) is 6.04 Å². The molecule has 106 valence electrons. The van der Waals surface area contributed by atoms with E-state index in [4.69, 9.17) is 29.0 Å². The topological polar surface area (TPSA) is 38.0 Å². The third-order valence-electron chi connectivity index (χ3n) is 3.29. The Bertz CT molecular complexity index is 567. The summed E-state index contributed by atoms with van der Waals surface area (Å²) in [5.41, 5.74) is 6.08. The van der Waals surface area contributed by atoms with Crippen LogP contribution < -0.4 is 11.3 Å². The molecular formula is C16H18Cl2N2. The number of aryl methyl sites for hydroxylation is 1. The molecule has 0 bridgehead atoms. The van der Waals surface area contributed by atoms with Gasteiger partial charge in [-0.15, -0.1) is 0 Å². The molecule has 2 nitrogen and oxygen atoms in total. The number of nitrogens with two attached hydrogens (primary N) is 1. The molecule has 0 saturated heterocycles. The van der Waals surface area contributed by atoms with Crippen molar-refractivity contribution >= 4 is 23.2 Å². The van der Waals surface area contributed by atoms with Gasteiger partial charge in [-0.25, -0.2) is 5.43 Å². The number of hydrogen-bond acceptors (Lipinski definition) is 2. The second-order valence-electron chi connectivity index (χ2n) is 4.76. The Balaban J connectivity index is 2.34. The second-order valence-corrected chi connectivity index (χ2v) is 5.60. The Hall–Kier alpha value is -1.06. The fourth-order valence-electron chi connectivity index (χ4n) is 2.27. The lowest BCUT2D eigenvalue weighted by Crippen LogP contribution is -2.29. The van der Waals surface area contributed by atoms with Crippen molar-refractivity contribution < 1.29 is 0 Å². The Kier molecular flexibility index (Phi) is 5.44. The zero-order chi connectivity index (χ0) is 14.5. The zero-order valence-corrected chi connectivity index (χ0v) is 12.9. The second kappa shape index (κ2) is 7.09. The van der Waals surface area contributed by atoms with Crippen LogP contribution in [0, 0.1) is 0 Å². The highest BCUT2D eigenvalue weighted by Gasteiger charge is 2.16. The molecule has 0 heterocycles. The van der Waals surface area contributed by atoms with Crippen molar-refractivity contribution in [1.82, 2.24) is 5.43 Å². The maximum absolute atomic E-state index is 6.25. The molecule has 0 spiro atoms. The molecule has 0 saturated carbocycles. The number of benzene rings is 2. The molecule has 2 aromatic carbocycles. The molecule has 0 fully saturated rings. The SMILES string of the molecule is CCCc1ccc(C(NN)c2cc(Cl)ccc2Cl)cc1. The van der Waals surface area contributed by atoms with Crippen molar-refractivity contribution in [2.45, 2.75) is 25.8 Å². The van der Waals surface area contributed by atoms with Crippen LogP contribution in [0.2, 0.25) is 10.0 Å². The standard InChI is InChI=1S/C16H18Cl2N2/c1-2-3-11-4-6-12(7-5-11)16(20-19)14-10-13(17)8-9-15(14)18/h4-10,16,20H,2-3,19H2,1H3. The van der Waals surface area contributed by atoms with Gasteiger partial charge in [0.1, 0.15) is 0 Å². The third-order valence-corrected chi connectivity index (χ3v) is 3.87. The van der Waals surface area contributed by atoms with Crippen molar-refractivity contribution in [2.75, 3.05) is 0 Å². The maximum atomic E-state index is 6.25. The van der Waals surface area contributed by atoms with Crippen LogP contribution in [-0.4, -0.2) is 0 Å². The van der Waals surface area contributed by atoms with E-state index in [2.05, 4.69) is 36.6 Å². The van der Waals surface area contributed by atoms with Gasteiger partial charge in [0.15, 0.2) is 0 Å². The predicted molar refractivity (Wildman–Crippen MR) is 86.1 cm³/mol. The zero-order valence-electron chi connectivity index (χ0n) is 11.4. The summed E-state index contributed by atoms with van der Waals surface area (Å²) in [5, 5.41) is 1.29. The average molecular weight is 309 g/mol. The molecule has 4 heteroatoms. The molecule has 0 aliphatic heterocycles. The van der Waals surface area contributed by atoms with E-state index < -0.39 is 0 Å². The third kappa shape index (κ3) is 3.53. The largest absolute Gasteiger partial charge is 0.271 e. The highest BCUT2D eigenvalue weighted by atomic mass is 35.5. The molecule has 2 rings (SSSR count). The summed E-state index contributed by atoms with van der Waals surface area (Å²) < 4.78 is 0. The number of rotatable bonds is 5. The Morgan fingerprint density at radius 2 is 1.80 bits per heavy atom. The van der Waals surface area contributed by atoms with E-state index in [1.54, 1.807) is 12.1 Å². The summed E-state index contributed by atoms with van der Waals surface area (Å²) in [7, 11) is 0. The molecule has 0 aromatic heterocycles. The summed E-state index contributed by atoms with van der Waals surface area (Å²) >= 11 is 12.3. The van der Waals surface area contributed by atoms with E-state index >= 15 is 0 Å². The first-order chi connectivity index (χ1) is 9.65. The predicted octanol–water partition coefficient (Wildman–Crippen LogP) is 4.50. The van der Waals surface area contributed by atoms with Gasteiger partial charge in [0.25, 0.3) is 0 Å². The van der Waals surface area contributed by atoms with E-state index in [0.717, 1.165) is 24.0 Å². The summed E-state index contributed by atoms with van der Waals surface area (Å²) in [6.07, 6.45) is 2.22. The molecule has 2 aromatic rings. The van der Waals surface area contributed by atoms with Crippen molar-refractivity contribution in [3.8, 4) is 0 Å². The lowest BCUT2D eigenvalue weighted by atomic mass is 9.97. The van der Waals surface area contributed by atoms with Crippen LogP contribution in [0.15, 0.2) is 42.5 Å². The molecule has 1 atom stereocenters. The van der Waals surface area contributed by atoms with Crippen LogP contribution in [-0.2, 0) is 6.42 Å². The fourth-order valence-corrected chi connectivity index (χ4v) is 2.67. The van der Waals surface area contributed by atoms with Crippen LogP contribution >= 0.6 is 23.2 Å². The Morgan fingerprint density at radius 3 is 2.40 bits per heavy atom. The van der Waals surface area contributed by atoms with Crippen molar-refractivity contribution in [3.05, 3.63) is 69.2 Å². The minimum atomic E-state index is -0.170. The van der Waals surface area contributed by atoms with Gasteiger partial charge in [-0.2, -0.15) is 0 Å². The first-order valence-corrected chi connectivity index (χ1v) is 7.41. The van der Waals surface area contributed by atoms with Gasteiger partial charge in [0.2, 0.25) is 0 Å². The minimum Gasteiger partial charge on any atom is -0.271 e. The first kappa shape index (κ1) is 15.3. The highest BCUT2D eigenvalue weighted by Crippen LogP contribution is 2.30. The summed E-state index contributed by atoms with van der Waals surface area (Å²) in [5.74, 6) is 5.70. The maximum Gasteiger partial charge on any atom is 0.0725 e. The lowest BCUT2D eigenvalue weighted by Gasteiger charge is -2.19. The van der Waals surface area contributed by atoms with E-state index in [1.807, 2.05) is 6.07 Å². The average Bonchev–Trinajstić information content (AvgIpc) is 2.45. The smallest absolute Gasteiger partial charge is 0.0725 e. The molecule has 0 aliphatic carbocycles. The van der Waals surface area contributed by atoms with Gasteiger partial charge in [-0.1, -0.05) is 60.8 Å². The number of nitrogens with one attached hydrogen (secondary N) is 1. The number of hydrazine groups is 1. The van der Waals surface area contributed by atoms with Gasteiger partial charge in [-0.3, -0.25) is 5.84 Å². The summed E-state index contributed by atoms with van der Waals surface area (Å²) in [6, 6.07) is 13.6. The van der Waals surface area contributed by atoms with Crippen LogP contribution in [0.25, 0.3) is 0 Å². The number of halogens is 2.